The summed E-state index contributed by atoms with van der Waals surface area (Å²) in [5.74, 6) is -1.62. The summed E-state index contributed by atoms with van der Waals surface area (Å²) in [6.07, 6.45) is 9.22. The van der Waals surface area contributed by atoms with E-state index in [1.165, 1.54) is 6.07 Å². The van der Waals surface area contributed by atoms with E-state index in [9.17, 15) is 32.4 Å². The zero-order valence-corrected chi connectivity index (χ0v) is 39.2. The van der Waals surface area contributed by atoms with Crippen molar-refractivity contribution in [2.45, 2.75) is 103 Å². The Kier molecular flexibility index (Phi) is 15.1. The third-order valence-electron chi connectivity index (χ3n) is 12.2. The number of piperazine rings is 1. The van der Waals surface area contributed by atoms with Gasteiger partial charge in [0.05, 0.1) is 27.2 Å². The largest absolute Gasteiger partial charge is 0.385 e. The van der Waals surface area contributed by atoms with Crippen LogP contribution < -0.4 is 30.9 Å². The molecule has 3 aliphatic rings. The molecule has 67 heavy (non-hydrogen) atoms. The number of aromatic nitrogens is 2. The van der Waals surface area contributed by atoms with E-state index in [0.29, 0.717) is 67.7 Å². The number of nitrogens with zero attached hydrogens (tertiary/aromatic N) is 5. The van der Waals surface area contributed by atoms with Gasteiger partial charge in [-0.05, 0) is 102 Å². The van der Waals surface area contributed by atoms with Gasteiger partial charge in [0.15, 0.2) is 0 Å². The number of halogens is 1. The van der Waals surface area contributed by atoms with Gasteiger partial charge in [0.25, 0.3) is 11.8 Å². The highest BCUT2D eigenvalue weighted by molar-refractivity contribution is 7.94. The SMILES string of the molecule is Cc1cnc(Nc2ccc(N3CCN(C(=O)CCCCCCCCCNc4ccc5c(c4)C(=O)N(C4CCC(=O)NC4=O)C5=O)CC3)c(F)c2)nc1Nc1cccc(NS(=O)(=O)C(C)(C)C)c1. The molecule has 3 aromatic carbocycles. The van der Waals surface area contributed by atoms with Crippen LogP contribution in [0.4, 0.5) is 44.6 Å². The van der Waals surface area contributed by atoms with Crippen LogP contribution >= 0.6 is 0 Å². The Balaban J connectivity index is 0.769. The number of rotatable bonds is 19. The summed E-state index contributed by atoms with van der Waals surface area (Å²) < 4.78 is 42.5. The molecule has 5 amide bonds. The van der Waals surface area contributed by atoms with Gasteiger partial charge < -0.3 is 25.8 Å². The molecule has 17 nitrogen and oxygen atoms in total. The Hall–Kier alpha value is -6.63. The summed E-state index contributed by atoms with van der Waals surface area (Å²) in [5.41, 5.74) is 3.94. The average molecular weight is 939 g/mol. The Bertz CT molecular complexity index is 2630. The lowest BCUT2D eigenvalue weighted by Crippen LogP contribution is -2.54. The first-order valence-corrected chi connectivity index (χ1v) is 24.4. The van der Waals surface area contributed by atoms with Crippen molar-refractivity contribution >= 4 is 79.8 Å². The highest BCUT2D eigenvalue weighted by Gasteiger charge is 2.44. The van der Waals surface area contributed by atoms with Crippen molar-refractivity contribution in [1.29, 1.82) is 0 Å². The maximum Gasteiger partial charge on any atom is 0.262 e. The second-order valence-electron chi connectivity index (χ2n) is 18.2. The van der Waals surface area contributed by atoms with Crippen LogP contribution in [-0.2, 0) is 24.4 Å². The van der Waals surface area contributed by atoms with E-state index in [0.717, 1.165) is 61.1 Å². The van der Waals surface area contributed by atoms with E-state index in [1.807, 2.05) is 16.7 Å². The molecule has 7 rings (SSSR count). The number of aryl methyl sites for hydroxylation is 1. The molecule has 19 heteroatoms. The number of unbranched alkanes of at least 4 members (excludes halogenated alkanes) is 6. The third kappa shape index (κ3) is 11.9. The zero-order valence-electron chi connectivity index (χ0n) is 38.4. The molecule has 356 valence electrons. The second kappa shape index (κ2) is 20.9. The molecular weight excluding hydrogens is 880 g/mol. The lowest BCUT2D eigenvalue weighted by molar-refractivity contribution is -0.136. The van der Waals surface area contributed by atoms with Crippen molar-refractivity contribution in [2.24, 2.45) is 0 Å². The predicted molar refractivity (Wildman–Crippen MR) is 256 cm³/mol. The van der Waals surface area contributed by atoms with Crippen LogP contribution in [0.5, 0.6) is 0 Å². The fraction of sp³-hybridized carbons (Fsp3) is 0.438. The minimum absolute atomic E-state index is 0.0747. The van der Waals surface area contributed by atoms with Crippen LogP contribution in [-0.4, -0.2) is 101 Å². The number of fused-ring (bicyclic) bond motifs is 1. The Labute approximate surface area is 390 Å². The molecule has 0 aliphatic carbocycles. The highest BCUT2D eigenvalue weighted by Crippen LogP contribution is 2.31. The topological polar surface area (TPSA) is 215 Å². The lowest BCUT2D eigenvalue weighted by atomic mass is 10.0. The third-order valence-corrected chi connectivity index (χ3v) is 14.3. The predicted octanol–water partition coefficient (Wildman–Crippen LogP) is 7.23. The van der Waals surface area contributed by atoms with Crippen LogP contribution in [0.15, 0.2) is 66.9 Å². The first kappa shape index (κ1) is 48.3. The molecule has 1 aromatic heterocycles. The Morgan fingerprint density at radius 3 is 2.19 bits per heavy atom. The highest BCUT2D eigenvalue weighted by atomic mass is 32.2. The number of carbonyl (C=O) groups excluding carboxylic acids is 5. The standard InChI is InChI=1S/C48H59FN10O7S/c1-31-30-51-47(55-43(31)52-33-13-12-14-35(27-33)56-67(65,66)48(2,3)4)53-34-17-19-39(38(49)29-34)57-23-25-58(26-24-57)42(61)15-10-8-6-5-7-9-11-22-50-32-16-18-36-37(28-32)46(64)59(45(36)63)40-20-21-41(60)54-44(40)62/h12-14,16-19,27-30,40,50,56H,5-11,15,20-26H2,1-4H3,(H,54,60,62)(H2,51,52,53,55). The number of anilines is 7. The summed E-state index contributed by atoms with van der Waals surface area (Å²) >= 11 is 0. The van der Waals surface area contributed by atoms with E-state index < -0.39 is 50.3 Å². The molecule has 1 unspecified atom stereocenters. The molecular formula is C48H59FN10O7S. The van der Waals surface area contributed by atoms with Crippen molar-refractivity contribution in [1.82, 2.24) is 25.1 Å². The van der Waals surface area contributed by atoms with Crippen LogP contribution in [0.3, 0.4) is 0 Å². The molecule has 0 radical (unpaired) electrons. The quantitative estimate of drug-likeness (QED) is 0.0464. The van der Waals surface area contributed by atoms with E-state index in [1.54, 1.807) is 81.6 Å². The molecule has 1 atom stereocenters. The molecule has 2 fully saturated rings. The number of piperidine rings is 1. The van der Waals surface area contributed by atoms with Crippen molar-refractivity contribution < 1.29 is 36.8 Å². The van der Waals surface area contributed by atoms with Gasteiger partial charge in [0, 0.05) is 74.4 Å². The van der Waals surface area contributed by atoms with Crippen LogP contribution in [0.1, 0.15) is 111 Å². The van der Waals surface area contributed by atoms with Gasteiger partial charge in [0.2, 0.25) is 33.7 Å². The molecule has 4 heterocycles. The number of sulfonamides is 1. The van der Waals surface area contributed by atoms with Crippen molar-refractivity contribution in [3.8, 4) is 0 Å². The van der Waals surface area contributed by atoms with Gasteiger partial charge in [-0.15, -0.1) is 0 Å². The number of hydrogen-bond acceptors (Lipinski definition) is 13. The second-order valence-corrected chi connectivity index (χ2v) is 20.6. The number of carbonyl (C=O) groups is 5. The van der Waals surface area contributed by atoms with E-state index in [-0.39, 0.29) is 35.8 Å². The van der Waals surface area contributed by atoms with Crippen LogP contribution in [0.2, 0.25) is 0 Å². The van der Waals surface area contributed by atoms with Gasteiger partial charge in [-0.2, -0.15) is 4.98 Å². The Morgan fingerprint density at radius 1 is 0.806 bits per heavy atom. The van der Waals surface area contributed by atoms with Gasteiger partial charge in [-0.25, -0.2) is 17.8 Å². The molecule has 5 N–H and O–H groups in total. The minimum Gasteiger partial charge on any atom is -0.385 e. The van der Waals surface area contributed by atoms with E-state index in [2.05, 4.69) is 36.0 Å². The number of imide groups is 2. The van der Waals surface area contributed by atoms with Crippen LogP contribution in [0, 0.1) is 12.7 Å². The fourth-order valence-electron chi connectivity index (χ4n) is 8.16. The van der Waals surface area contributed by atoms with Gasteiger partial charge >= 0.3 is 0 Å². The zero-order chi connectivity index (χ0) is 47.9. The van der Waals surface area contributed by atoms with Gasteiger partial charge in [0.1, 0.15) is 17.7 Å². The average Bonchev–Trinajstić information content (AvgIpc) is 3.52. The molecule has 0 spiro atoms. The normalized spacial score (nSPS) is 16.5. The molecule has 3 aliphatic heterocycles. The summed E-state index contributed by atoms with van der Waals surface area (Å²) in [7, 11) is -3.61. The van der Waals surface area contributed by atoms with E-state index in [4.69, 9.17) is 0 Å². The molecule has 0 bridgehead atoms. The fourth-order valence-corrected chi connectivity index (χ4v) is 8.90. The number of hydrogen-bond donors (Lipinski definition) is 5. The van der Waals surface area contributed by atoms with E-state index >= 15 is 4.39 Å². The summed E-state index contributed by atoms with van der Waals surface area (Å²) in [6.45, 7) is 9.50. The summed E-state index contributed by atoms with van der Waals surface area (Å²) in [4.78, 5) is 76.6. The number of amides is 5. The summed E-state index contributed by atoms with van der Waals surface area (Å²) in [6, 6.07) is 15.8. The first-order valence-electron chi connectivity index (χ1n) is 22.9. The molecule has 0 saturated carbocycles. The maximum atomic E-state index is 15.5. The molecule has 4 aromatic rings. The van der Waals surface area contributed by atoms with Gasteiger partial charge in [-0.3, -0.25) is 38.9 Å². The first-order chi connectivity index (χ1) is 32.0. The van der Waals surface area contributed by atoms with Crippen molar-refractivity contribution in [2.75, 3.05) is 58.3 Å². The summed E-state index contributed by atoms with van der Waals surface area (Å²) in [5, 5.41) is 11.8. The van der Waals surface area contributed by atoms with Crippen molar-refractivity contribution in [3.63, 3.8) is 0 Å². The smallest absolute Gasteiger partial charge is 0.262 e. The number of nitrogens with one attached hydrogen (secondary N) is 5. The number of benzene rings is 3. The monoisotopic (exact) mass is 938 g/mol. The lowest BCUT2D eigenvalue weighted by Gasteiger charge is -2.36. The molecule has 2 saturated heterocycles. The Morgan fingerprint density at radius 2 is 1.48 bits per heavy atom. The van der Waals surface area contributed by atoms with Gasteiger partial charge in [-0.1, -0.05) is 38.2 Å². The van der Waals surface area contributed by atoms with Crippen LogP contribution in [0.25, 0.3) is 0 Å². The maximum absolute atomic E-state index is 15.5. The van der Waals surface area contributed by atoms with Crippen molar-refractivity contribution in [3.05, 3.63) is 89.4 Å². The minimum atomic E-state index is -3.61.